The molecule has 20 heavy (non-hydrogen) atoms. The Morgan fingerprint density at radius 3 is 2.55 bits per heavy atom. The molecule has 1 aromatic carbocycles. The first-order valence-electron chi connectivity index (χ1n) is 6.42. The van der Waals surface area contributed by atoms with Crippen LogP contribution in [0.5, 0.6) is 0 Å². The largest absolute Gasteiger partial charge is 0.361 e. The fraction of sp³-hybridized carbons (Fsp3) is 0.357. The van der Waals surface area contributed by atoms with Crippen molar-refractivity contribution in [3.05, 3.63) is 29.8 Å². The van der Waals surface area contributed by atoms with E-state index < -0.39 is 0 Å². The van der Waals surface area contributed by atoms with E-state index in [4.69, 9.17) is 12.2 Å². The van der Waals surface area contributed by atoms with Gasteiger partial charge in [-0.25, -0.2) is 0 Å². The minimum atomic E-state index is -0.0883. The summed E-state index contributed by atoms with van der Waals surface area (Å²) in [5.41, 5.74) is 4.43. The van der Waals surface area contributed by atoms with Gasteiger partial charge in [0.1, 0.15) is 0 Å². The normalized spacial score (nSPS) is 10.6. The van der Waals surface area contributed by atoms with Gasteiger partial charge in [-0.1, -0.05) is 26.0 Å². The van der Waals surface area contributed by atoms with Gasteiger partial charge in [0, 0.05) is 19.2 Å². The molecule has 1 amide bonds. The number of carbonyl (C=O) groups is 1. The number of thiocarbonyl (C=S) groups is 1. The van der Waals surface area contributed by atoms with Gasteiger partial charge < -0.3 is 10.6 Å². The fourth-order valence-electron chi connectivity index (χ4n) is 1.36. The van der Waals surface area contributed by atoms with E-state index in [2.05, 4.69) is 35.0 Å². The van der Waals surface area contributed by atoms with E-state index in [1.165, 1.54) is 6.92 Å². The number of amides is 1. The molecule has 0 bridgehead atoms. The highest BCUT2D eigenvalue weighted by Gasteiger charge is 1.96. The zero-order valence-corrected chi connectivity index (χ0v) is 12.8. The van der Waals surface area contributed by atoms with Crippen LogP contribution >= 0.6 is 12.2 Å². The zero-order chi connectivity index (χ0) is 15.0. The summed E-state index contributed by atoms with van der Waals surface area (Å²) in [5.74, 6) is 0.440. The number of nitrogens with zero attached hydrogens (tertiary/aromatic N) is 1. The Labute approximate surface area is 124 Å². The predicted molar refractivity (Wildman–Crippen MR) is 86.9 cm³/mol. The second kappa shape index (κ2) is 8.27. The molecule has 1 aromatic rings. The average molecular weight is 292 g/mol. The molecule has 0 aromatic heterocycles. The number of hydrogen-bond acceptors (Lipinski definition) is 3. The first-order chi connectivity index (χ1) is 9.47. The van der Waals surface area contributed by atoms with Gasteiger partial charge in [0.2, 0.25) is 5.91 Å². The van der Waals surface area contributed by atoms with Crippen molar-refractivity contribution in [3.63, 3.8) is 0 Å². The van der Waals surface area contributed by atoms with Crippen LogP contribution in [0.3, 0.4) is 0 Å². The van der Waals surface area contributed by atoms with Gasteiger partial charge in [-0.2, -0.15) is 5.10 Å². The minimum absolute atomic E-state index is 0.0883. The molecule has 0 saturated carbocycles. The summed E-state index contributed by atoms with van der Waals surface area (Å²) < 4.78 is 0. The Balaban J connectivity index is 2.42. The van der Waals surface area contributed by atoms with E-state index in [-0.39, 0.29) is 5.91 Å². The Morgan fingerprint density at radius 1 is 1.35 bits per heavy atom. The molecule has 5 nitrogen and oxygen atoms in total. The molecule has 0 spiro atoms. The average Bonchev–Trinajstić information content (AvgIpc) is 2.38. The summed E-state index contributed by atoms with van der Waals surface area (Å²) in [6.07, 6.45) is 1.67. The van der Waals surface area contributed by atoms with Crippen molar-refractivity contribution in [2.24, 2.45) is 11.0 Å². The van der Waals surface area contributed by atoms with Crippen molar-refractivity contribution in [1.29, 1.82) is 0 Å². The molecule has 3 N–H and O–H groups in total. The minimum Gasteiger partial charge on any atom is -0.361 e. The van der Waals surface area contributed by atoms with Crippen molar-refractivity contribution in [2.45, 2.75) is 20.8 Å². The predicted octanol–water partition coefficient (Wildman–Crippen LogP) is 2.10. The van der Waals surface area contributed by atoms with Crippen molar-refractivity contribution in [3.8, 4) is 0 Å². The number of carbonyl (C=O) groups excluding carboxylic acids is 1. The molecular weight excluding hydrogens is 272 g/mol. The third kappa shape index (κ3) is 6.84. The van der Waals surface area contributed by atoms with Crippen LogP contribution in [0.4, 0.5) is 5.69 Å². The quantitative estimate of drug-likeness (QED) is 0.442. The van der Waals surface area contributed by atoms with Crippen molar-refractivity contribution in [2.75, 3.05) is 11.9 Å². The number of anilines is 1. The van der Waals surface area contributed by atoms with Gasteiger partial charge in [-0.15, -0.1) is 0 Å². The number of rotatable bonds is 5. The first-order valence-corrected chi connectivity index (χ1v) is 6.82. The van der Waals surface area contributed by atoms with Crippen LogP contribution in [-0.2, 0) is 4.79 Å². The molecule has 0 atom stereocenters. The van der Waals surface area contributed by atoms with Crippen molar-refractivity contribution < 1.29 is 4.79 Å². The molecule has 0 fully saturated rings. The molecule has 0 heterocycles. The van der Waals surface area contributed by atoms with E-state index >= 15 is 0 Å². The third-order valence-electron chi connectivity index (χ3n) is 2.28. The van der Waals surface area contributed by atoms with Crippen molar-refractivity contribution >= 4 is 35.1 Å². The number of hydrazone groups is 1. The summed E-state index contributed by atoms with van der Waals surface area (Å²) in [7, 11) is 0. The van der Waals surface area contributed by atoms with Gasteiger partial charge in [0.25, 0.3) is 0 Å². The van der Waals surface area contributed by atoms with Crippen LogP contribution in [0.15, 0.2) is 29.4 Å². The first kappa shape index (κ1) is 16.1. The van der Waals surface area contributed by atoms with Crippen LogP contribution in [0, 0.1) is 5.92 Å². The van der Waals surface area contributed by atoms with Gasteiger partial charge in [-0.3, -0.25) is 10.2 Å². The van der Waals surface area contributed by atoms with E-state index in [0.29, 0.717) is 11.0 Å². The second-order valence-corrected chi connectivity index (χ2v) is 5.19. The van der Waals surface area contributed by atoms with Gasteiger partial charge >= 0.3 is 0 Å². The molecule has 0 aliphatic rings. The molecule has 0 saturated heterocycles. The Bertz CT molecular complexity index is 482. The molecule has 0 aliphatic carbocycles. The fourth-order valence-corrected chi connectivity index (χ4v) is 1.49. The van der Waals surface area contributed by atoms with Gasteiger partial charge in [0.15, 0.2) is 5.11 Å². The lowest BCUT2D eigenvalue weighted by Gasteiger charge is -2.08. The maximum Gasteiger partial charge on any atom is 0.221 e. The monoisotopic (exact) mass is 292 g/mol. The van der Waals surface area contributed by atoms with E-state index in [9.17, 15) is 4.79 Å². The summed E-state index contributed by atoms with van der Waals surface area (Å²) >= 11 is 5.07. The molecule has 0 radical (unpaired) electrons. The molecule has 1 rings (SSSR count). The van der Waals surface area contributed by atoms with E-state index in [1.54, 1.807) is 6.21 Å². The van der Waals surface area contributed by atoms with Crippen molar-refractivity contribution in [1.82, 2.24) is 10.7 Å². The van der Waals surface area contributed by atoms with Gasteiger partial charge in [-0.05, 0) is 35.8 Å². The lowest BCUT2D eigenvalue weighted by Crippen LogP contribution is -2.34. The number of hydrogen-bond donors (Lipinski definition) is 3. The van der Waals surface area contributed by atoms with Crippen LogP contribution in [0.1, 0.15) is 26.3 Å². The van der Waals surface area contributed by atoms with Crippen LogP contribution in [0.2, 0.25) is 0 Å². The topological polar surface area (TPSA) is 65.5 Å². The molecule has 0 unspecified atom stereocenters. The second-order valence-electron chi connectivity index (χ2n) is 4.78. The molecule has 0 aliphatic heterocycles. The van der Waals surface area contributed by atoms with Crippen LogP contribution in [0.25, 0.3) is 0 Å². The van der Waals surface area contributed by atoms with Crippen LogP contribution in [-0.4, -0.2) is 23.8 Å². The Kier molecular flexibility index (Phi) is 6.66. The number of benzene rings is 1. The summed E-state index contributed by atoms with van der Waals surface area (Å²) in [6.45, 7) is 6.50. The lowest BCUT2D eigenvalue weighted by molar-refractivity contribution is -0.114. The standard InChI is InChI=1S/C14H20N4OS/c1-10(2)8-15-14(20)18-16-9-12-4-6-13(7-5-12)17-11(3)19/h4-7,9-10H,8H2,1-3H3,(H,17,19)(H2,15,18,20)/b16-9-. The summed E-state index contributed by atoms with van der Waals surface area (Å²) in [4.78, 5) is 10.9. The lowest BCUT2D eigenvalue weighted by atomic mass is 10.2. The molecule has 6 heteroatoms. The Morgan fingerprint density at radius 2 is 2.00 bits per heavy atom. The van der Waals surface area contributed by atoms with Crippen LogP contribution < -0.4 is 16.1 Å². The third-order valence-corrected chi connectivity index (χ3v) is 2.52. The SMILES string of the molecule is CC(=O)Nc1ccc(/C=N\NC(=S)NCC(C)C)cc1. The Hall–Kier alpha value is -1.95. The molecule has 108 valence electrons. The van der Waals surface area contributed by atoms with E-state index in [0.717, 1.165) is 17.8 Å². The van der Waals surface area contributed by atoms with E-state index in [1.807, 2.05) is 24.3 Å². The summed E-state index contributed by atoms with van der Waals surface area (Å²) in [5, 5.41) is 10.3. The summed E-state index contributed by atoms with van der Waals surface area (Å²) in [6, 6.07) is 7.36. The smallest absolute Gasteiger partial charge is 0.221 e. The number of nitrogens with one attached hydrogen (secondary N) is 3. The van der Waals surface area contributed by atoms with Gasteiger partial charge in [0.05, 0.1) is 6.21 Å². The molecular formula is C14H20N4OS. The maximum absolute atomic E-state index is 10.9. The highest BCUT2D eigenvalue weighted by molar-refractivity contribution is 7.80. The highest BCUT2D eigenvalue weighted by atomic mass is 32.1. The zero-order valence-electron chi connectivity index (χ0n) is 11.9. The maximum atomic E-state index is 10.9. The highest BCUT2D eigenvalue weighted by Crippen LogP contribution is 2.07.